The summed E-state index contributed by atoms with van der Waals surface area (Å²) in [5.41, 5.74) is 1.37. The van der Waals surface area contributed by atoms with Crippen molar-refractivity contribution in [2.24, 2.45) is 0 Å². The highest BCUT2D eigenvalue weighted by Crippen LogP contribution is 2.15. The molecule has 1 heterocycles. The predicted molar refractivity (Wildman–Crippen MR) is 86.6 cm³/mol. The van der Waals surface area contributed by atoms with Gasteiger partial charge in [0.25, 0.3) is 5.56 Å². The van der Waals surface area contributed by atoms with Gasteiger partial charge < -0.3 is 5.32 Å². The van der Waals surface area contributed by atoms with Crippen LogP contribution in [0, 0.1) is 0 Å². The smallest absolute Gasteiger partial charge is 0.254 e. The molecule has 5 heteroatoms. The average molecular weight is 299 g/mol. The van der Waals surface area contributed by atoms with Gasteiger partial charge >= 0.3 is 0 Å². The number of aryl methyl sites for hydroxylation is 1. The van der Waals surface area contributed by atoms with Gasteiger partial charge in [0.2, 0.25) is 5.91 Å². The van der Waals surface area contributed by atoms with Crippen LogP contribution >= 0.6 is 0 Å². The Morgan fingerprint density at radius 2 is 1.95 bits per heavy atom. The molecular weight excluding hydrogens is 278 g/mol. The maximum absolute atomic E-state index is 12.3. The molecule has 0 fully saturated rings. The van der Waals surface area contributed by atoms with Gasteiger partial charge in [-0.2, -0.15) is 0 Å². The first-order valence-electron chi connectivity index (χ1n) is 7.58. The molecule has 2 aromatic rings. The minimum Gasteiger partial charge on any atom is -0.355 e. The van der Waals surface area contributed by atoms with Crippen LogP contribution in [0.25, 0.3) is 11.4 Å². The van der Waals surface area contributed by atoms with Gasteiger partial charge in [-0.1, -0.05) is 44.2 Å². The van der Waals surface area contributed by atoms with Gasteiger partial charge in [-0.3, -0.25) is 14.2 Å². The van der Waals surface area contributed by atoms with E-state index in [2.05, 4.69) is 10.3 Å². The molecule has 0 atom stereocenters. The van der Waals surface area contributed by atoms with E-state index in [-0.39, 0.29) is 18.0 Å². The number of amides is 1. The Morgan fingerprint density at radius 1 is 1.23 bits per heavy atom. The van der Waals surface area contributed by atoms with Crippen LogP contribution in [0.1, 0.15) is 26.0 Å². The van der Waals surface area contributed by atoms with Gasteiger partial charge in [-0.05, 0) is 12.8 Å². The quantitative estimate of drug-likeness (QED) is 0.887. The molecular formula is C17H21N3O2. The van der Waals surface area contributed by atoms with E-state index in [1.807, 2.05) is 44.2 Å². The van der Waals surface area contributed by atoms with Gasteiger partial charge in [0.1, 0.15) is 12.4 Å². The van der Waals surface area contributed by atoms with Crippen molar-refractivity contribution in [1.82, 2.24) is 14.9 Å². The van der Waals surface area contributed by atoms with E-state index in [4.69, 9.17) is 0 Å². The molecule has 0 spiro atoms. The van der Waals surface area contributed by atoms with Gasteiger partial charge in [0, 0.05) is 23.9 Å². The molecule has 0 radical (unpaired) electrons. The fourth-order valence-electron chi connectivity index (χ4n) is 2.16. The molecule has 0 aliphatic carbocycles. The molecule has 0 unspecified atom stereocenters. The number of carbonyl (C=O) groups is 1. The summed E-state index contributed by atoms with van der Waals surface area (Å²) in [7, 11) is 0. The first kappa shape index (κ1) is 15.9. The predicted octanol–water partition coefficient (Wildman–Crippen LogP) is 2.00. The fraction of sp³-hybridized carbons (Fsp3) is 0.353. The number of nitrogens with one attached hydrogen (secondary N) is 1. The zero-order valence-corrected chi connectivity index (χ0v) is 13.0. The minimum atomic E-state index is -0.197. The molecule has 0 saturated heterocycles. The zero-order chi connectivity index (χ0) is 15.9. The minimum absolute atomic E-state index is 0.0138. The highest BCUT2D eigenvalue weighted by atomic mass is 16.2. The topological polar surface area (TPSA) is 64.0 Å². The van der Waals surface area contributed by atoms with Crippen molar-refractivity contribution in [3.8, 4) is 11.4 Å². The lowest BCUT2D eigenvalue weighted by Crippen LogP contribution is -2.34. The summed E-state index contributed by atoms with van der Waals surface area (Å²) < 4.78 is 1.43. The van der Waals surface area contributed by atoms with E-state index in [0.29, 0.717) is 18.8 Å². The number of carbonyl (C=O) groups excluding carboxylic acids is 1. The number of nitrogens with zero attached hydrogens (tertiary/aromatic N) is 2. The van der Waals surface area contributed by atoms with Gasteiger partial charge in [0.05, 0.1) is 0 Å². The van der Waals surface area contributed by atoms with Crippen LogP contribution < -0.4 is 10.9 Å². The van der Waals surface area contributed by atoms with Crippen molar-refractivity contribution in [3.63, 3.8) is 0 Å². The third-order valence-corrected chi connectivity index (χ3v) is 3.33. The van der Waals surface area contributed by atoms with E-state index in [1.165, 1.54) is 10.6 Å². The van der Waals surface area contributed by atoms with E-state index >= 15 is 0 Å². The summed E-state index contributed by atoms with van der Waals surface area (Å²) in [6, 6.07) is 11.0. The van der Waals surface area contributed by atoms with Crippen LogP contribution in [0.5, 0.6) is 0 Å². The summed E-state index contributed by atoms with van der Waals surface area (Å²) >= 11 is 0. The first-order valence-corrected chi connectivity index (χ1v) is 7.58. The lowest BCUT2D eigenvalue weighted by Gasteiger charge is -2.13. The SMILES string of the molecule is CCCNC(=O)Cn1c(-c2ccccc2)nc(CC)cc1=O. The summed E-state index contributed by atoms with van der Waals surface area (Å²) in [5, 5.41) is 2.79. The van der Waals surface area contributed by atoms with E-state index in [1.54, 1.807) is 0 Å². The summed E-state index contributed by atoms with van der Waals surface area (Å²) in [6.45, 7) is 4.53. The van der Waals surface area contributed by atoms with Crippen LogP contribution in [0.4, 0.5) is 0 Å². The van der Waals surface area contributed by atoms with E-state index in [9.17, 15) is 9.59 Å². The standard InChI is InChI=1S/C17H21N3O2/c1-3-10-18-15(21)12-20-16(22)11-14(4-2)19-17(20)13-8-6-5-7-9-13/h5-9,11H,3-4,10,12H2,1-2H3,(H,18,21). The molecule has 0 bridgehead atoms. The first-order chi connectivity index (χ1) is 10.7. The lowest BCUT2D eigenvalue weighted by atomic mass is 10.2. The molecule has 1 aromatic carbocycles. The van der Waals surface area contributed by atoms with Crippen LogP contribution in [-0.2, 0) is 17.8 Å². The lowest BCUT2D eigenvalue weighted by molar-refractivity contribution is -0.121. The summed E-state index contributed by atoms with van der Waals surface area (Å²) in [6.07, 6.45) is 1.54. The van der Waals surface area contributed by atoms with Crippen molar-refractivity contribution < 1.29 is 4.79 Å². The van der Waals surface area contributed by atoms with Gasteiger partial charge in [-0.15, -0.1) is 0 Å². The van der Waals surface area contributed by atoms with Crippen molar-refractivity contribution in [1.29, 1.82) is 0 Å². The van der Waals surface area contributed by atoms with Crippen LogP contribution in [-0.4, -0.2) is 22.0 Å². The Hall–Kier alpha value is -2.43. The van der Waals surface area contributed by atoms with Crippen LogP contribution in [0.3, 0.4) is 0 Å². The van der Waals surface area contributed by atoms with Crippen molar-refractivity contribution >= 4 is 5.91 Å². The Labute approximate surface area is 130 Å². The van der Waals surface area contributed by atoms with Crippen LogP contribution in [0.15, 0.2) is 41.2 Å². The monoisotopic (exact) mass is 299 g/mol. The Kier molecular flexibility index (Phi) is 5.47. The van der Waals surface area contributed by atoms with E-state index in [0.717, 1.165) is 17.7 Å². The van der Waals surface area contributed by atoms with Crippen molar-refractivity contribution in [2.45, 2.75) is 33.2 Å². The molecule has 0 aliphatic heterocycles. The highest BCUT2D eigenvalue weighted by Gasteiger charge is 2.13. The molecule has 0 saturated carbocycles. The van der Waals surface area contributed by atoms with Crippen LogP contribution in [0.2, 0.25) is 0 Å². The molecule has 2 rings (SSSR count). The van der Waals surface area contributed by atoms with Gasteiger partial charge in [-0.25, -0.2) is 4.98 Å². The second-order valence-corrected chi connectivity index (χ2v) is 5.06. The molecule has 116 valence electrons. The number of hydrogen-bond acceptors (Lipinski definition) is 3. The molecule has 5 nitrogen and oxygen atoms in total. The van der Waals surface area contributed by atoms with Gasteiger partial charge in [0.15, 0.2) is 0 Å². The molecule has 1 amide bonds. The number of aromatic nitrogens is 2. The molecule has 22 heavy (non-hydrogen) atoms. The average Bonchev–Trinajstić information content (AvgIpc) is 2.55. The van der Waals surface area contributed by atoms with E-state index < -0.39 is 0 Å². The third kappa shape index (κ3) is 3.81. The zero-order valence-electron chi connectivity index (χ0n) is 13.0. The summed E-state index contributed by atoms with van der Waals surface area (Å²) in [4.78, 5) is 28.8. The summed E-state index contributed by atoms with van der Waals surface area (Å²) in [5.74, 6) is 0.365. The van der Waals surface area contributed by atoms with Crippen molar-refractivity contribution in [3.05, 3.63) is 52.4 Å². The second kappa shape index (κ2) is 7.54. The Bertz CT molecular complexity index is 693. The number of hydrogen-bond donors (Lipinski definition) is 1. The maximum atomic E-state index is 12.3. The fourth-order valence-corrected chi connectivity index (χ4v) is 2.16. The largest absolute Gasteiger partial charge is 0.355 e. The highest BCUT2D eigenvalue weighted by molar-refractivity contribution is 5.76. The second-order valence-electron chi connectivity index (χ2n) is 5.06. The van der Waals surface area contributed by atoms with Crippen molar-refractivity contribution in [2.75, 3.05) is 6.54 Å². The third-order valence-electron chi connectivity index (χ3n) is 3.33. The Balaban J connectivity index is 2.43. The normalized spacial score (nSPS) is 10.5. The number of rotatable bonds is 6. The molecule has 0 aliphatic rings. The Morgan fingerprint density at radius 3 is 2.59 bits per heavy atom. The molecule has 1 aromatic heterocycles. The maximum Gasteiger partial charge on any atom is 0.254 e. The molecule has 1 N–H and O–H groups in total. The number of benzene rings is 1.